The second-order valence-electron chi connectivity index (χ2n) is 9.10. The molecule has 8 heteroatoms. The zero-order chi connectivity index (χ0) is 26.2. The van der Waals surface area contributed by atoms with Crippen LogP contribution < -0.4 is 4.74 Å². The third kappa shape index (κ3) is 6.25. The minimum atomic E-state index is -0.304. The van der Waals surface area contributed by atoms with E-state index >= 15 is 0 Å². The number of nitrogens with zero attached hydrogens (tertiary/aromatic N) is 4. The molecule has 1 aliphatic rings. The maximum Gasteiger partial charge on any atom is 0.233 e. The lowest BCUT2D eigenvalue weighted by atomic mass is 10.0. The van der Waals surface area contributed by atoms with E-state index in [2.05, 4.69) is 20.9 Å². The van der Waals surface area contributed by atoms with Gasteiger partial charge in [0.15, 0.2) is 6.61 Å². The molecule has 2 aromatic carbocycles. The predicted octanol–water partition coefficient (Wildman–Crippen LogP) is 5.65. The molecule has 5 rings (SSSR count). The Hall–Kier alpha value is -4.06. The van der Waals surface area contributed by atoms with E-state index in [1.54, 1.807) is 24.4 Å². The van der Waals surface area contributed by atoms with Crippen LogP contribution in [0.15, 0.2) is 71.3 Å². The molecule has 0 saturated carbocycles. The topological polar surface area (TPSA) is 84.4 Å². The molecule has 1 aliphatic heterocycles. The number of halogens is 1. The first-order chi connectivity index (χ1) is 18.7. The van der Waals surface area contributed by atoms with Gasteiger partial charge in [-0.25, -0.2) is 14.4 Å². The molecule has 0 N–H and O–H groups in total. The van der Waals surface area contributed by atoms with E-state index in [4.69, 9.17) is 13.9 Å². The summed E-state index contributed by atoms with van der Waals surface area (Å²) in [4.78, 5) is 11.4. The van der Waals surface area contributed by atoms with Gasteiger partial charge in [-0.15, -0.1) is 0 Å². The number of ether oxygens (including phenoxy) is 2. The Kier molecular flexibility index (Phi) is 8.39. The monoisotopic (exact) mass is 512 g/mol. The average molecular weight is 513 g/mol. The van der Waals surface area contributed by atoms with Crippen LogP contribution in [0.2, 0.25) is 0 Å². The van der Waals surface area contributed by atoms with Crippen molar-refractivity contribution in [2.75, 3.05) is 32.8 Å². The molecule has 38 heavy (non-hydrogen) atoms. The number of nitriles is 1. The predicted molar refractivity (Wildman–Crippen MR) is 141 cm³/mol. The molecule has 4 aromatic rings. The first-order valence-corrected chi connectivity index (χ1v) is 12.8. The van der Waals surface area contributed by atoms with Crippen LogP contribution >= 0.6 is 0 Å². The van der Waals surface area contributed by atoms with Crippen molar-refractivity contribution in [2.24, 2.45) is 0 Å². The Bertz CT molecular complexity index is 1380. The smallest absolute Gasteiger partial charge is 0.233 e. The number of aromatic nitrogens is 2. The SMILES string of the molecule is N#Cc1c(-c2ccccc2)ccnc1OCc1nc(-c2ccc(F)cc2)c(CCCCN2CCOCC2)o1. The molecular weight excluding hydrogens is 483 g/mol. The van der Waals surface area contributed by atoms with Crippen molar-refractivity contribution in [3.8, 4) is 34.3 Å². The van der Waals surface area contributed by atoms with Gasteiger partial charge >= 0.3 is 0 Å². The number of hydrogen-bond donors (Lipinski definition) is 0. The number of hydrogen-bond acceptors (Lipinski definition) is 7. The molecule has 0 spiro atoms. The van der Waals surface area contributed by atoms with Crippen molar-refractivity contribution < 1.29 is 18.3 Å². The van der Waals surface area contributed by atoms with Crippen LogP contribution in [-0.4, -0.2) is 47.7 Å². The van der Waals surface area contributed by atoms with Crippen molar-refractivity contribution in [1.82, 2.24) is 14.9 Å². The van der Waals surface area contributed by atoms with Crippen LogP contribution in [0.5, 0.6) is 5.88 Å². The Labute approximate surface area is 221 Å². The molecule has 3 heterocycles. The van der Waals surface area contributed by atoms with Crippen molar-refractivity contribution >= 4 is 0 Å². The van der Waals surface area contributed by atoms with Crippen LogP contribution in [0, 0.1) is 17.1 Å². The summed E-state index contributed by atoms with van der Waals surface area (Å²) in [5, 5.41) is 9.84. The van der Waals surface area contributed by atoms with E-state index in [0.717, 1.165) is 68.1 Å². The lowest BCUT2D eigenvalue weighted by Crippen LogP contribution is -2.36. The van der Waals surface area contributed by atoms with Crippen LogP contribution in [0.4, 0.5) is 4.39 Å². The number of morpholine rings is 1. The molecule has 194 valence electrons. The van der Waals surface area contributed by atoms with Gasteiger partial charge in [0.2, 0.25) is 11.8 Å². The van der Waals surface area contributed by atoms with Crippen molar-refractivity contribution in [1.29, 1.82) is 5.26 Å². The summed E-state index contributed by atoms with van der Waals surface area (Å²) in [7, 11) is 0. The van der Waals surface area contributed by atoms with Gasteiger partial charge in [0, 0.05) is 36.8 Å². The van der Waals surface area contributed by atoms with Crippen molar-refractivity contribution in [3.05, 3.63) is 89.9 Å². The van der Waals surface area contributed by atoms with Crippen molar-refractivity contribution in [2.45, 2.75) is 25.9 Å². The van der Waals surface area contributed by atoms with Gasteiger partial charge in [-0.2, -0.15) is 5.26 Å². The maximum absolute atomic E-state index is 13.6. The van der Waals surface area contributed by atoms with E-state index in [-0.39, 0.29) is 18.3 Å². The standard InChI is InChI=1S/C30H29FN4O3/c31-24-11-9-23(10-12-24)29-27(8-4-5-15-35-16-18-36-19-17-35)38-28(34-29)21-37-30-26(20-32)25(13-14-33-30)22-6-2-1-3-7-22/h1-3,6-7,9-14H,4-5,8,15-19,21H2. The summed E-state index contributed by atoms with van der Waals surface area (Å²) in [6.45, 7) is 4.54. The van der Waals surface area contributed by atoms with E-state index in [0.29, 0.717) is 23.6 Å². The second kappa shape index (κ2) is 12.5. The first-order valence-electron chi connectivity index (χ1n) is 12.8. The van der Waals surface area contributed by atoms with Gasteiger partial charge in [-0.3, -0.25) is 4.90 Å². The molecule has 0 amide bonds. The van der Waals surface area contributed by atoms with Gasteiger partial charge in [0.05, 0.1) is 13.2 Å². The number of rotatable bonds is 10. The molecule has 7 nitrogen and oxygen atoms in total. The van der Waals surface area contributed by atoms with Gasteiger partial charge in [0.1, 0.15) is 28.9 Å². The van der Waals surface area contributed by atoms with Crippen LogP contribution in [0.25, 0.3) is 22.4 Å². The highest BCUT2D eigenvalue weighted by atomic mass is 19.1. The number of benzene rings is 2. The largest absolute Gasteiger partial charge is 0.467 e. The van der Waals surface area contributed by atoms with E-state index in [9.17, 15) is 9.65 Å². The third-order valence-corrected chi connectivity index (χ3v) is 6.54. The highest BCUT2D eigenvalue weighted by Gasteiger charge is 2.18. The minimum absolute atomic E-state index is 0.0158. The van der Waals surface area contributed by atoms with Crippen LogP contribution in [0.3, 0.4) is 0 Å². The quantitative estimate of drug-likeness (QED) is 0.254. The number of aryl methyl sites for hydroxylation is 1. The van der Waals surface area contributed by atoms with Crippen LogP contribution in [0.1, 0.15) is 30.1 Å². The zero-order valence-electron chi connectivity index (χ0n) is 21.1. The molecule has 1 fully saturated rings. The zero-order valence-corrected chi connectivity index (χ0v) is 21.1. The number of pyridine rings is 1. The lowest BCUT2D eigenvalue weighted by molar-refractivity contribution is 0.0371. The first kappa shape index (κ1) is 25.6. The number of oxazole rings is 1. The Morgan fingerprint density at radius 3 is 2.53 bits per heavy atom. The molecule has 0 atom stereocenters. The summed E-state index contributed by atoms with van der Waals surface area (Å²) >= 11 is 0. The lowest BCUT2D eigenvalue weighted by Gasteiger charge is -2.26. The van der Waals surface area contributed by atoms with Gasteiger partial charge < -0.3 is 13.9 Å². The molecule has 2 aromatic heterocycles. The fourth-order valence-corrected chi connectivity index (χ4v) is 4.56. The van der Waals surface area contributed by atoms with Gasteiger partial charge in [-0.05, 0) is 55.3 Å². The van der Waals surface area contributed by atoms with Gasteiger partial charge in [-0.1, -0.05) is 30.3 Å². The van der Waals surface area contributed by atoms with Gasteiger partial charge in [0.25, 0.3) is 0 Å². The molecule has 0 aliphatic carbocycles. The number of unbranched alkanes of at least 4 members (excludes halogenated alkanes) is 1. The normalized spacial score (nSPS) is 13.8. The summed E-state index contributed by atoms with van der Waals surface area (Å²) in [5.41, 5.74) is 3.48. The molecule has 1 saturated heterocycles. The van der Waals surface area contributed by atoms with Crippen LogP contribution in [-0.2, 0) is 17.8 Å². The fourth-order valence-electron chi connectivity index (χ4n) is 4.56. The third-order valence-electron chi connectivity index (χ3n) is 6.54. The fraction of sp³-hybridized carbons (Fsp3) is 0.300. The minimum Gasteiger partial charge on any atom is -0.467 e. The van der Waals surface area contributed by atoms with E-state index in [1.807, 2.05) is 30.3 Å². The Morgan fingerprint density at radius 2 is 1.76 bits per heavy atom. The summed E-state index contributed by atoms with van der Waals surface area (Å²) in [6.07, 6.45) is 4.28. The summed E-state index contributed by atoms with van der Waals surface area (Å²) in [5.74, 6) is 1.04. The Balaban J connectivity index is 1.31. The van der Waals surface area contributed by atoms with E-state index in [1.165, 1.54) is 12.1 Å². The molecular formula is C30H29FN4O3. The maximum atomic E-state index is 13.6. The summed E-state index contributed by atoms with van der Waals surface area (Å²) in [6, 6.07) is 19.9. The Morgan fingerprint density at radius 1 is 0.974 bits per heavy atom. The second-order valence-corrected chi connectivity index (χ2v) is 9.10. The van der Waals surface area contributed by atoms with E-state index < -0.39 is 0 Å². The highest BCUT2D eigenvalue weighted by Crippen LogP contribution is 2.30. The molecule has 0 radical (unpaired) electrons. The highest BCUT2D eigenvalue weighted by molar-refractivity contribution is 5.72. The average Bonchev–Trinajstić information content (AvgIpc) is 3.38. The molecule has 0 bridgehead atoms. The van der Waals surface area contributed by atoms with Crippen molar-refractivity contribution in [3.63, 3.8) is 0 Å². The molecule has 0 unspecified atom stereocenters. The summed E-state index contributed by atoms with van der Waals surface area (Å²) < 4.78 is 31.0.